The molecule has 0 bridgehead atoms. The fourth-order valence-electron chi connectivity index (χ4n) is 4.15. The molecule has 0 fully saturated rings. The molecular weight excluding hydrogens is 507 g/mol. The fraction of sp³-hybridized carbons (Fsp3) is 0.143. The lowest BCUT2D eigenvalue weighted by atomic mass is 10.1. The zero-order valence-electron chi connectivity index (χ0n) is 20.9. The minimum Gasteiger partial charge on any atom is -0.358 e. The molecule has 8 nitrogen and oxygen atoms in total. The molecule has 1 amide bonds. The van der Waals surface area contributed by atoms with E-state index in [2.05, 4.69) is 15.3 Å². The quantitative estimate of drug-likeness (QED) is 0.302. The molecule has 0 saturated heterocycles. The van der Waals surface area contributed by atoms with Gasteiger partial charge in [0.1, 0.15) is 5.82 Å². The first-order chi connectivity index (χ1) is 18.7. The van der Waals surface area contributed by atoms with E-state index < -0.39 is 17.6 Å². The first-order valence-electron chi connectivity index (χ1n) is 12.0. The van der Waals surface area contributed by atoms with Crippen LogP contribution in [0.1, 0.15) is 15.9 Å². The largest absolute Gasteiger partial charge is 0.416 e. The number of alkyl halides is 3. The van der Waals surface area contributed by atoms with Gasteiger partial charge in [0, 0.05) is 61.0 Å². The predicted molar refractivity (Wildman–Crippen MR) is 143 cm³/mol. The molecule has 0 aliphatic carbocycles. The number of aromatic nitrogens is 4. The van der Waals surface area contributed by atoms with E-state index in [1.54, 1.807) is 41.2 Å². The van der Waals surface area contributed by atoms with E-state index in [9.17, 15) is 18.0 Å². The van der Waals surface area contributed by atoms with Crippen molar-refractivity contribution in [3.8, 4) is 22.5 Å². The summed E-state index contributed by atoms with van der Waals surface area (Å²) in [7, 11) is 1.92. The van der Waals surface area contributed by atoms with Crippen molar-refractivity contribution in [2.45, 2.75) is 6.18 Å². The van der Waals surface area contributed by atoms with Gasteiger partial charge in [-0.05, 0) is 48.5 Å². The number of carbonyl (C=O) groups is 1. The highest BCUT2D eigenvalue weighted by atomic mass is 19.4. The highest BCUT2D eigenvalue weighted by Gasteiger charge is 2.30. The Hall–Kier alpha value is -4.77. The molecular formula is C28H24F3N7O. The standard InChI is InChI=1S/C28H24F3N7O/c1-37(13-10-32)25-16-18(8-11-33-25)23-17-26-34-12-9-24(38(26)36-23)19-4-3-7-22(15-19)35-27(39)20-5-2-6-21(14-20)28(29,30)31/h2-9,11-12,14-17H,10,13,32H2,1H3,(H,35,39). The van der Waals surface area contributed by atoms with E-state index in [-0.39, 0.29) is 5.56 Å². The lowest BCUT2D eigenvalue weighted by Gasteiger charge is -2.17. The molecule has 0 radical (unpaired) electrons. The number of likely N-dealkylation sites (N-methyl/N-ethyl adjacent to an activating group) is 1. The van der Waals surface area contributed by atoms with E-state index in [1.807, 2.05) is 36.2 Å². The number of fused-ring (bicyclic) bond motifs is 1. The minimum absolute atomic E-state index is 0.0907. The SMILES string of the molecule is CN(CCN)c1cc(-c2cc3nccc(-c4cccc(NC(=O)c5cccc(C(F)(F)F)c5)c4)n3n2)ccn1. The van der Waals surface area contributed by atoms with Gasteiger partial charge < -0.3 is 16.0 Å². The maximum Gasteiger partial charge on any atom is 0.416 e. The molecule has 2 aromatic carbocycles. The van der Waals surface area contributed by atoms with Crippen molar-refractivity contribution in [1.82, 2.24) is 19.6 Å². The normalized spacial score (nSPS) is 11.5. The van der Waals surface area contributed by atoms with Gasteiger partial charge in [-0.1, -0.05) is 18.2 Å². The monoisotopic (exact) mass is 531 g/mol. The van der Waals surface area contributed by atoms with E-state index in [1.165, 1.54) is 12.1 Å². The lowest BCUT2D eigenvalue weighted by molar-refractivity contribution is -0.137. The van der Waals surface area contributed by atoms with Crippen LogP contribution in [0.5, 0.6) is 0 Å². The Labute approximate surface area is 221 Å². The molecule has 3 N–H and O–H groups in total. The fourth-order valence-corrected chi connectivity index (χ4v) is 4.15. The summed E-state index contributed by atoms with van der Waals surface area (Å²) in [5.74, 6) is 0.125. The van der Waals surface area contributed by atoms with Gasteiger partial charge in [-0.25, -0.2) is 14.5 Å². The van der Waals surface area contributed by atoms with Crippen molar-refractivity contribution < 1.29 is 18.0 Å². The van der Waals surface area contributed by atoms with E-state index in [0.717, 1.165) is 34.8 Å². The van der Waals surface area contributed by atoms with Gasteiger partial charge >= 0.3 is 6.18 Å². The molecule has 0 aliphatic heterocycles. The summed E-state index contributed by atoms with van der Waals surface area (Å²) in [4.78, 5) is 23.5. The van der Waals surface area contributed by atoms with Crippen molar-refractivity contribution >= 4 is 23.1 Å². The van der Waals surface area contributed by atoms with Crippen LogP contribution in [0, 0.1) is 0 Å². The second kappa shape index (κ2) is 10.5. The van der Waals surface area contributed by atoms with E-state index in [0.29, 0.717) is 30.1 Å². The number of benzene rings is 2. The van der Waals surface area contributed by atoms with Gasteiger partial charge in [-0.15, -0.1) is 0 Å². The van der Waals surface area contributed by atoms with Crippen molar-refractivity contribution in [2.75, 3.05) is 30.4 Å². The average molecular weight is 532 g/mol. The van der Waals surface area contributed by atoms with Crippen LogP contribution >= 0.6 is 0 Å². The highest BCUT2D eigenvalue weighted by molar-refractivity contribution is 6.04. The smallest absolute Gasteiger partial charge is 0.358 e. The number of amides is 1. The molecule has 39 heavy (non-hydrogen) atoms. The number of hydrogen-bond donors (Lipinski definition) is 2. The van der Waals surface area contributed by atoms with Crippen LogP contribution in [-0.4, -0.2) is 45.6 Å². The van der Waals surface area contributed by atoms with Crippen LogP contribution in [0.25, 0.3) is 28.2 Å². The van der Waals surface area contributed by atoms with Gasteiger partial charge in [0.25, 0.3) is 5.91 Å². The predicted octanol–water partition coefficient (Wildman–Crippen LogP) is 5.12. The third kappa shape index (κ3) is 5.58. The topological polar surface area (TPSA) is 101 Å². The van der Waals surface area contributed by atoms with Gasteiger partial charge in [-0.2, -0.15) is 18.3 Å². The first-order valence-corrected chi connectivity index (χ1v) is 12.0. The maximum absolute atomic E-state index is 13.1. The zero-order valence-corrected chi connectivity index (χ0v) is 20.9. The number of nitrogens with zero attached hydrogens (tertiary/aromatic N) is 5. The molecule has 0 aliphatic rings. The van der Waals surface area contributed by atoms with Crippen LogP contribution in [-0.2, 0) is 6.18 Å². The van der Waals surface area contributed by atoms with Crippen molar-refractivity contribution in [3.05, 3.63) is 96.3 Å². The number of carbonyl (C=O) groups excluding carboxylic acids is 1. The van der Waals surface area contributed by atoms with Gasteiger partial charge in [-0.3, -0.25) is 4.79 Å². The molecule has 0 spiro atoms. The van der Waals surface area contributed by atoms with Gasteiger partial charge in [0.05, 0.1) is 17.0 Å². The number of hydrogen-bond acceptors (Lipinski definition) is 6. The number of anilines is 2. The number of nitrogens with two attached hydrogens (primary N) is 1. The molecule has 198 valence electrons. The molecule has 5 aromatic rings. The molecule has 5 rings (SSSR count). The Morgan fingerprint density at radius 3 is 2.56 bits per heavy atom. The second-order valence-electron chi connectivity index (χ2n) is 8.86. The minimum atomic E-state index is -4.54. The Kier molecular flexibility index (Phi) is 6.99. The third-order valence-corrected chi connectivity index (χ3v) is 6.12. The summed E-state index contributed by atoms with van der Waals surface area (Å²) in [6.45, 7) is 1.16. The van der Waals surface area contributed by atoms with E-state index >= 15 is 0 Å². The van der Waals surface area contributed by atoms with Gasteiger partial charge in [0.15, 0.2) is 5.65 Å². The molecule has 0 unspecified atom stereocenters. The lowest BCUT2D eigenvalue weighted by Crippen LogP contribution is -2.25. The van der Waals surface area contributed by atoms with Crippen molar-refractivity contribution in [1.29, 1.82) is 0 Å². The first kappa shape index (κ1) is 25.9. The van der Waals surface area contributed by atoms with Crippen LogP contribution < -0.4 is 16.0 Å². The van der Waals surface area contributed by atoms with Crippen LogP contribution in [0.15, 0.2) is 85.2 Å². The highest BCUT2D eigenvalue weighted by Crippen LogP contribution is 2.30. The molecule has 3 heterocycles. The second-order valence-corrected chi connectivity index (χ2v) is 8.86. The maximum atomic E-state index is 13.1. The van der Waals surface area contributed by atoms with Gasteiger partial charge in [0.2, 0.25) is 0 Å². The summed E-state index contributed by atoms with van der Waals surface area (Å²) < 4.78 is 40.9. The van der Waals surface area contributed by atoms with Crippen LogP contribution in [0.3, 0.4) is 0 Å². The van der Waals surface area contributed by atoms with Crippen LogP contribution in [0.4, 0.5) is 24.7 Å². The molecule has 0 atom stereocenters. The average Bonchev–Trinajstić information content (AvgIpc) is 3.38. The number of rotatable bonds is 7. The van der Waals surface area contributed by atoms with Crippen LogP contribution in [0.2, 0.25) is 0 Å². The summed E-state index contributed by atoms with van der Waals surface area (Å²) >= 11 is 0. The number of pyridine rings is 1. The summed E-state index contributed by atoms with van der Waals surface area (Å²) in [6.07, 6.45) is -1.16. The molecule has 11 heteroatoms. The summed E-state index contributed by atoms with van der Waals surface area (Å²) in [5, 5.41) is 7.45. The van der Waals surface area contributed by atoms with Crippen molar-refractivity contribution in [3.63, 3.8) is 0 Å². The van der Waals surface area contributed by atoms with Crippen molar-refractivity contribution in [2.24, 2.45) is 5.73 Å². The number of nitrogens with one attached hydrogen (secondary N) is 1. The Bertz CT molecular complexity index is 1650. The third-order valence-electron chi connectivity index (χ3n) is 6.12. The summed E-state index contributed by atoms with van der Waals surface area (Å²) in [6, 6.07) is 18.8. The molecule has 0 saturated carbocycles. The summed E-state index contributed by atoms with van der Waals surface area (Å²) in [5.41, 5.74) is 8.76. The van der Waals surface area contributed by atoms with E-state index in [4.69, 9.17) is 10.8 Å². The Morgan fingerprint density at radius 1 is 0.974 bits per heavy atom. The number of halogens is 3. The zero-order chi connectivity index (χ0) is 27.6. The molecule has 3 aromatic heterocycles. The Balaban J connectivity index is 1.44. The Morgan fingerprint density at radius 2 is 1.77 bits per heavy atom.